The van der Waals surface area contributed by atoms with E-state index in [0.717, 1.165) is 23.7 Å². The molecule has 2 heterocycles. The van der Waals surface area contributed by atoms with Crippen LogP contribution in [0.3, 0.4) is 0 Å². The van der Waals surface area contributed by atoms with Crippen LogP contribution in [-0.4, -0.2) is 31.7 Å². The Morgan fingerprint density at radius 3 is 2.82 bits per heavy atom. The molecule has 1 aromatic rings. The molecular formula is C15H17N2O3S2-. The van der Waals surface area contributed by atoms with E-state index in [2.05, 4.69) is 0 Å². The van der Waals surface area contributed by atoms with Gasteiger partial charge in [0.05, 0.1) is 16.9 Å². The number of aromatic nitrogens is 1. The van der Waals surface area contributed by atoms with Crippen molar-refractivity contribution in [1.29, 1.82) is 0 Å². The van der Waals surface area contributed by atoms with Crippen molar-refractivity contribution >= 4 is 46.3 Å². The van der Waals surface area contributed by atoms with Gasteiger partial charge in [-0.2, -0.15) is 0 Å². The van der Waals surface area contributed by atoms with Crippen LogP contribution in [0, 0.1) is 0 Å². The number of rotatable bonds is 6. The summed E-state index contributed by atoms with van der Waals surface area (Å²) in [5, 5.41) is 11.4. The number of carboxylic acid groups (broad SMARTS) is 1. The maximum absolute atomic E-state index is 12.5. The Hall–Kier alpha value is -1.60. The van der Waals surface area contributed by atoms with Crippen molar-refractivity contribution < 1.29 is 14.7 Å². The van der Waals surface area contributed by atoms with Crippen LogP contribution < -0.4 is 5.11 Å². The fourth-order valence-electron chi connectivity index (χ4n) is 2.26. The molecule has 22 heavy (non-hydrogen) atoms. The second-order valence-electron chi connectivity index (χ2n) is 5.14. The summed E-state index contributed by atoms with van der Waals surface area (Å²) in [6, 6.07) is 0.883. The van der Waals surface area contributed by atoms with Gasteiger partial charge in [-0.3, -0.25) is 9.69 Å². The predicted molar refractivity (Wildman–Crippen MR) is 88.7 cm³/mol. The number of carbonyl (C=O) groups excluding carboxylic acids is 2. The van der Waals surface area contributed by atoms with Gasteiger partial charge < -0.3 is 14.5 Å². The topological polar surface area (TPSA) is 65.4 Å². The summed E-state index contributed by atoms with van der Waals surface area (Å²) in [6.45, 7) is 1.96. The van der Waals surface area contributed by atoms with Gasteiger partial charge in [-0.1, -0.05) is 43.7 Å². The minimum atomic E-state index is -1.26. The molecule has 1 saturated heterocycles. The van der Waals surface area contributed by atoms with Crippen molar-refractivity contribution in [2.75, 3.05) is 0 Å². The van der Waals surface area contributed by atoms with Crippen molar-refractivity contribution in [1.82, 2.24) is 9.47 Å². The highest BCUT2D eigenvalue weighted by Crippen LogP contribution is 2.34. The summed E-state index contributed by atoms with van der Waals surface area (Å²) in [7, 11) is 1.89. The van der Waals surface area contributed by atoms with E-state index in [0.29, 0.717) is 17.7 Å². The van der Waals surface area contributed by atoms with Crippen molar-refractivity contribution in [3.8, 4) is 0 Å². The van der Waals surface area contributed by atoms with Gasteiger partial charge in [0.2, 0.25) is 0 Å². The first kappa shape index (κ1) is 16.8. The van der Waals surface area contributed by atoms with Crippen LogP contribution in [0.4, 0.5) is 0 Å². The number of thiocarbonyl (C=S) groups is 1. The molecular weight excluding hydrogens is 320 g/mol. The Morgan fingerprint density at radius 2 is 2.27 bits per heavy atom. The van der Waals surface area contributed by atoms with Crippen LogP contribution in [-0.2, 0) is 16.6 Å². The quantitative estimate of drug-likeness (QED) is 0.582. The molecule has 1 amide bonds. The van der Waals surface area contributed by atoms with Gasteiger partial charge in [0.25, 0.3) is 5.91 Å². The number of thioether (sulfide) groups is 1. The molecule has 0 N–H and O–H groups in total. The zero-order valence-corrected chi connectivity index (χ0v) is 14.1. The first-order valence-electron chi connectivity index (χ1n) is 7.04. The fourth-order valence-corrected chi connectivity index (χ4v) is 3.62. The molecule has 2 rings (SSSR count). The Morgan fingerprint density at radius 1 is 1.55 bits per heavy atom. The lowest BCUT2D eigenvalue weighted by molar-refractivity contribution is -0.310. The van der Waals surface area contributed by atoms with E-state index in [1.54, 1.807) is 6.08 Å². The smallest absolute Gasteiger partial charge is 0.266 e. The number of hydrogen-bond donors (Lipinski definition) is 0. The number of nitrogens with zero attached hydrogens (tertiary/aromatic N) is 2. The lowest BCUT2D eigenvalue weighted by Gasteiger charge is -2.27. The maximum Gasteiger partial charge on any atom is 0.266 e. The van der Waals surface area contributed by atoms with E-state index in [9.17, 15) is 14.7 Å². The summed E-state index contributed by atoms with van der Waals surface area (Å²) in [6.07, 6.45) is 7.37. The number of unbranched alkanes of at least 4 members (excludes halogenated alkanes) is 1. The molecule has 0 unspecified atom stereocenters. The molecule has 0 aliphatic carbocycles. The highest BCUT2D eigenvalue weighted by molar-refractivity contribution is 8.26. The largest absolute Gasteiger partial charge is 0.548 e. The van der Waals surface area contributed by atoms with E-state index < -0.39 is 12.0 Å². The SMILES string of the molecule is CCCC[C@@H](C(=O)[O-])N1C(=O)/C(=C\c2ccn(C)c2)SC1=S. The number of hydrogen-bond acceptors (Lipinski definition) is 5. The molecule has 1 aromatic heterocycles. The molecule has 7 heteroatoms. The monoisotopic (exact) mass is 337 g/mol. The normalized spacial score (nSPS) is 18.3. The summed E-state index contributed by atoms with van der Waals surface area (Å²) in [5.74, 6) is -1.62. The van der Waals surface area contributed by atoms with E-state index >= 15 is 0 Å². The molecule has 5 nitrogen and oxygen atoms in total. The average molecular weight is 337 g/mol. The molecule has 1 aliphatic heterocycles. The van der Waals surface area contributed by atoms with Gasteiger partial charge in [-0.05, 0) is 24.1 Å². The molecule has 0 saturated carbocycles. The molecule has 0 spiro atoms. The van der Waals surface area contributed by atoms with Gasteiger partial charge in [0, 0.05) is 19.4 Å². The van der Waals surface area contributed by atoms with Crippen molar-refractivity contribution in [2.45, 2.75) is 32.2 Å². The summed E-state index contributed by atoms with van der Waals surface area (Å²) < 4.78 is 2.15. The summed E-state index contributed by atoms with van der Waals surface area (Å²) >= 11 is 6.33. The van der Waals surface area contributed by atoms with Crippen LogP contribution in [0.15, 0.2) is 23.4 Å². The number of carboxylic acids is 1. The predicted octanol–water partition coefficient (Wildman–Crippen LogP) is 1.53. The zero-order valence-electron chi connectivity index (χ0n) is 12.4. The highest BCUT2D eigenvalue weighted by Gasteiger charge is 2.37. The summed E-state index contributed by atoms with van der Waals surface area (Å²) in [5.41, 5.74) is 0.876. The van der Waals surface area contributed by atoms with E-state index in [1.807, 2.05) is 37.0 Å². The second kappa shape index (κ2) is 7.11. The van der Waals surface area contributed by atoms with Crippen molar-refractivity contribution in [3.63, 3.8) is 0 Å². The average Bonchev–Trinajstić information content (AvgIpc) is 2.97. The van der Waals surface area contributed by atoms with Gasteiger partial charge >= 0.3 is 0 Å². The van der Waals surface area contributed by atoms with Gasteiger partial charge in [-0.15, -0.1) is 0 Å². The first-order valence-corrected chi connectivity index (χ1v) is 8.26. The Bertz CT molecular complexity index is 636. The number of aryl methyl sites for hydroxylation is 1. The Labute approximate surface area is 139 Å². The van der Waals surface area contributed by atoms with Crippen LogP contribution in [0.25, 0.3) is 6.08 Å². The number of aliphatic carboxylic acids is 1. The van der Waals surface area contributed by atoms with Crippen LogP contribution in [0.2, 0.25) is 0 Å². The van der Waals surface area contributed by atoms with E-state index in [-0.39, 0.29) is 10.2 Å². The third-order valence-electron chi connectivity index (χ3n) is 3.39. The molecule has 0 aromatic carbocycles. The third-order valence-corrected chi connectivity index (χ3v) is 4.72. The maximum atomic E-state index is 12.5. The van der Waals surface area contributed by atoms with Crippen molar-refractivity contribution in [2.24, 2.45) is 7.05 Å². The van der Waals surface area contributed by atoms with Crippen LogP contribution in [0.5, 0.6) is 0 Å². The molecule has 1 fully saturated rings. The molecule has 0 bridgehead atoms. The van der Waals surface area contributed by atoms with E-state index in [4.69, 9.17) is 12.2 Å². The molecule has 1 aliphatic rings. The van der Waals surface area contributed by atoms with E-state index in [1.165, 1.54) is 4.90 Å². The standard InChI is InChI=1S/C15H18N2O3S2/c1-3-4-5-11(14(19)20)17-13(18)12(22-15(17)21)8-10-6-7-16(2)9-10/h6-9,11H,3-5H2,1-2H3,(H,19,20)/p-1/b12-8+/t11-/m0/s1. The van der Waals surface area contributed by atoms with Crippen LogP contribution in [0.1, 0.15) is 31.7 Å². The number of carbonyl (C=O) groups is 2. The van der Waals surface area contributed by atoms with Gasteiger partial charge in [0.15, 0.2) is 0 Å². The van der Waals surface area contributed by atoms with Gasteiger partial charge in [0.1, 0.15) is 4.32 Å². The zero-order chi connectivity index (χ0) is 16.3. The summed E-state index contributed by atoms with van der Waals surface area (Å²) in [4.78, 5) is 25.5. The first-order chi connectivity index (χ1) is 10.4. The van der Waals surface area contributed by atoms with Crippen LogP contribution >= 0.6 is 24.0 Å². The molecule has 118 valence electrons. The van der Waals surface area contributed by atoms with Crippen molar-refractivity contribution in [3.05, 3.63) is 28.9 Å². The fraction of sp³-hybridized carbons (Fsp3) is 0.400. The Kier molecular flexibility index (Phi) is 5.42. The molecule has 1 atom stereocenters. The lowest BCUT2D eigenvalue weighted by Crippen LogP contribution is -2.49. The minimum absolute atomic E-state index is 0.275. The third kappa shape index (κ3) is 3.59. The number of amides is 1. The molecule has 0 radical (unpaired) electrons. The minimum Gasteiger partial charge on any atom is -0.548 e. The van der Waals surface area contributed by atoms with Gasteiger partial charge in [-0.25, -0.2) is 0 Å². The lowest BCUT2D eigenvalue weighted by atomic mass is 10.1. The second-order valence-corrected chi connectivity index (χ2v) is 6.81. The Balaban J connectivity index is 2.23. The highest BCUT2D eigenvalue weighted by atomic mass is 32.2.